The normalized spacial score (nSPS) is 11.3. The summed E-state index contributed by atoms with van der Waals surface area (Å²) in [6, 6.07) is 8.78. The van der Waals surface area contributed by atoms with E-state index in [9.17, 15) is 18.0 Å². The number of nitrogens with zero attached hydrogens (tertiary/aromatic N) is 5. The van der Waals surface area contributed by atoms with Gasteiger partial charge in [-0.3, -0.25) is 14.8 Å². The van der Waals surface area contributed by atoms with E-state index in [1.807, 2.05) is 31.2 Å². The Kier molecular flexibility index (Phi) is 6.08. The van der Waals surface area contributed by atoms with Crippen molar-refractivity contribution >= 4 is 23.6 Å². The van der Waals surface area contributed by atoms with E-state index in [1.54, 1.807) is 6.20 Å². The number of urea groups is 1. The highest BCUT2D eigenvalue weighted by atomic mass is 19.4. The third-order valence-electron chi connectivity index (χ3n) is 4.66. The van der Waals surface area contributed by atoms with E-state index in [-0.39, 0.29) is 17.5 Å². The minimum atomic E-state index is -4.62. The van der Waals surface area contributed by atoms with E-state index in [0.717, 1.165) is 34.6 Å². The number of rotatable bonds is 5. The summed E-state index contributed by atoms with van der Waals surface area (Å²) in [6.07, 6.45) is -0.560. The zero-order chi connectivity index (χ0) is 24.3. The molecule has 0 atom stereocenters. The van der Waals surface area contributed by atoms with Gasteiger partial charge in [0.05, 0.1) is 5.69 Å². The van der Waals surface area contributed by atoms with E-state index < -0.39 is 17.9 Å². The molecule has 3 aromatic heterocycles. The molecule has 0 aliphatic rings. The summed E-state index contributed by atoms with van der Waals surface area (Å²) in [6.45, 7) is 2.20. The fraction of sp³-hybridized carbons (Fsp3) is 0.143. The van der Waals surface area contributed by atoms with Crippen LogP contribution in [0.5, 0.6) is 0 Å². The zero-order valence-electron chi connectivity index (χ0n) is 17.7. The smallest absolute Gasteiger partial charge is 0.368 e. The average Bonchev–Trinajstić information content (AvgIpc) is 3.20. The van der Waals surface area contributed by atoms with Gasteiger partial charge in [-0.15, -0.1) is 0 Å². The molecule has 13 heteroatoms. The number of pyridine rings is 1. The maximum absolute atomic E-state index is 12.7. The molecule has 3 heterocycles. The molecule has 0 fully saturated rings. The van der Waals surface area contributed by atoms with Gasteiger partial charge in [-0.25, -0.2) is 14.8 Å². The number of aryl methyl sites for hydroxylation is 1. The molecule has 4 rings (SSSR count). The summed E-state index contributed by atoms with van der Waals surface area (Å²) in [5.41, 5.74) is 7.86. The molecule has 0 saturated heterocycles. The summed E-state index contributed by atoms with van der Waals surface area (Å²) in [4.78, 5) is 23.5. The highest BCUT2D eigenvalue weighted by molar-refractivity contribution is 5.98. The maximum atomic E-state index is 12.7. The van der Waals surface area contributed by atoms with Crippen LogP contribution in [-0.4, -0.2) is 26.3 Å². The first-order valence-corrected chi connectivity index (χ1v) is 9.83. The molecule has 0 aliphatic carbocycles. The summed E-state index contributed by atoms with van der Waals surface area (Å²) in [5, 5.41) is 8.49. The second kappa shape index (κ2) is 9.13. The van der Waals surface area contributed by atoms with Gasteiger partial charge in [-0.2, -0.15) is 13.2 Å². The molecular formula is C21H18F3N8O2+. The number of amides is 2. The number of alkyl halides is 3. The zero-order valence-corrected chi connectivity index (χ0v) is 17.7. The molecule has 4 N–H and O–H groups in total. The number of carbonyl (C=O) groups is 1. The quantitative estimate of drug-likeness (QED) is 0.380. The van der Waals surface area contributed by atoms with Crippen molar-refractivity contribution < 1.29 is 27.2 Å². The van der Waals surface area contributed by atoms with E-state index >= 15 is 0 Å². The Hall–Kier alpha value is -4.55. The van der Waals surface area contributed by atoms with Gasteiger partial charge >= 0.3 is 18.1 Å². The van der Waals surface area contributed by atoms with Gasteiger partial charge in [0.25, 0.3) is 6.20 Å². The lowest BCUT2D eigenvalue weighted by Crippen LogP contribution is -2.35. The standard InChI is InChI=1S/C21H17F3N8O2/c1-12-16(9-27-19(25)28-12)14-4-2-13(3-5-14)10-32-11-18(34-31-32)30-20(33)29-15-6-7-26-17(8-15)21(22,23)24/h2-9,11H,10H2,1H3,(H3-,25,26,27,28,29,30,31,33)/p+1. The number of nitrogens with one attached hydrogen (secondary N) is 2. The van der Waals surface area contributed by atoms with Crippen LogP contribution in [0.15, 0.2) is 59.5 Å². The van der Waals surface area contributed by atoms with Gasteiger partial charge in [0, 0.05) is 29.2 Å². The molecule has 2 amide bonds. The highest BCUT2D eigenvalue weighted by Gasteiger charge is 2.32. The van der Waals surface area contributed by atoms with Crippen molar-refractivity contribution in [1.82, 2.24) is 20.2 Å². The van der Waals surface area contributed by atoms with E-state index in [2.05, 4.69) is 30.9 Å². The van der Waals surface area contributed by atoms with Crippen molar-refractivity contribution in [3.63, 3.8) is 0 Å². The summed E-state index contributed by atoms with van der Waals surface area (Å²) < 4.78 is 44.8. The number of carbonyl (C=O) groups excluding carboxylic acids is 1. The Morgan fingerprint density at radius 1 is 1.15 bits per heavy atom. The molecule has 0 bridgehead atoms. The van der Waals surface area contributed by atoms with Crippen molar-refractivity contribution in [1.29, 1.82) is 0 Å². The number of nitrogen functional groups attached to an aromatic ring is 1. The summed E-state index contributed by atoms with van der Waals surface area (Å²) >= 11 is 0. The van der Waals surface area contributed by atoms with Crippen LogP contribution in [0.25, 0.3) is 11.1 Å². The predicted molar refractivity (Wildman–Crippen MR) is 114 cm³/mol. The van der Waals surface area contributed by atoms with Crippen LogP contribution in [0, 0.1) is 6.92 Å². The summed E-state index contributed by atoms with van der Waals surface area (Å²) in [5.74, 6) is 0.221. The molecule has 0 unspecified atom stereocenters. The Balaban J connectivity index is 1.37. The highest BCUT2D eigenvalue weighted by Crippen LogP contribution is 2.28. The van der Waals surface area contributed by atoms with Crippen LogP contribution in [0.4, 0.5) is 35.5 Å². The molecule has 0 aliphatic heterocycles. The van der Waals surface area contributed by atoms with Crippen molar-refractivity contribution in [3.8, 4) is 11.1 Å². The Labute approximate surface area is 190 Å². The molecule has 1 aromatic carbocycles. The average molecular weight is 471 g/mol. The number of nitrogens with two attached hydrogens (primary N) is 1. The third kappa shape index (κ3) is 5.43. The van der Waals surface area contributed by atoms with Crippen LogP contribution in [-0.2, 0) is 12.7 Å². The number of halogens is 3. The van der Waals surface area contributed by atoms with Crippen LogP contribution < -0.4 is 21.0 Å². The lowest BCUT2D eigenvalue weighted by atomic mass is 10.0. The van der Waals surface area contributed by atoms with E-state index in [0.29, 0.717) is 6.54 Å². The number of anilines is 3. The molecule has 4 aromatic rings. The molecular weight excluding hydrogens is 453 g/mol. The maximum Gasteiger partial charge on any atom is 0.433 e. The molecule has 0 radical (unpaired) electrons. The van der Waals surface area contributed by atoms with Crippen LogP contribution >= 0.6 is 0 Å². The molecule has 10 nitrogen and oxygen atoms in total. The Morgan fingerprint density at radius 2 is 1.91 bits per heavy atom. The van der Waals surface area contributed by atoms with Gasteiger partial charge in [-0.05, 0) is 29.3 Å². The monoisotopic (exact) mass is 471 g/mol. The first-order valence-electron chi connectivity index (χ1n) is 9.83. The molecule has 0 spiro atoms. The Bertz CT molecular complexity index is 1320. The lowest BCUT2D eigenvalue weighted by Gasteiger charge is -2.08. The molecule has 0 saturated carbocycles. The van der Waals surface area contributed by atoms with Gasteiger partial charge in [0.2, 0.25) is 17.8 Å². The number of hydrogen-bond donors (Lipinski definition) is 3. The SMILES string of the molecule is Cc1nc(N)ncc1-c1ccc(C[n+]2cc(NC(=O)Nc3ccnc(C(F)(F)F)c3)on2)cc1. The number of aromatic nitrogens is 5. The minimum Gasteiger partial charge on any atom is -0.368 e. The second-order valence-electron chi connectivity index (χ2n) is 7.19. The van der Waals surface area contributed by atoms with Crippen molar-refractivity contribution in [2.24, 2.45) is 0 Å². The van der Waals surface area contributed by atoms with Gasteiger partial charge in [0.15, 0.2) is 0 Å². The number of hydrogen-bond acceptors (Lipinski definition) is 7. The predicted octanol–water partition coefficient (Wildman–Crippen LogP) is 3.42. The van der Waals surface area contributed by atoms with Crippen LogP contribution in [0.2, 0.25) is 0 Å². The van der Waals surface area contributed by atoms with Crippen molar-refractivity contribution in [2.75, 3.05) is 16.4 Å². The molecule has 174 valence electrons. The fourth-order valence-electron chi connectivity index (χ4n) is 3.09. The second-order valence-corrected chi connectivity index (χ2v) is 7.19. The van der Waals surface area contributed by atoms with Crippen LogP contribution in [0.3, 0.4) is 0 Å². The first kappa shape index (κ1) is 22.6. The number of benzene rings is 1. The first-order chi connectivity index (χ1) is 16.2. The van der Waals surface area contributed by atoms with Crippen molar-refractivity contribution in [2.45, 2.75) is 19.6 Å². The van der Waals surface area contributed by atoms with Gasteiger partial charge in [-0.1, -0.05) is 24.3 Å². The van der Waals surface area contributed by atoms with Crippen molar-refractivity contribution in [3.05, 3.63) is 71.9 Å². The fourth-order valence-corrected chi connectivity index (χ4v) is 3.09. The molecule has 34 heavy (non-hydrogen) atoms. The van der Waals surface area contributed by atoms with E-state index in [1.165, 1.54) is 16.9 Å². The Morgan fingerprint density at radius 3 is 2.62 bits per heavy atom. The van der Waals surface area contributed by atoms with Gasteiger partial charge < -0.3 is 11.1 Å². The van der Waals surface area contributed by atoms with E-state index in [4.69, 9.17) is 10.3 Å². The topological polar surface area (TPSA) is 136 Å². The van der Waals surface area contributed by atoms with Crippen LogP contribution in [0.1, 0.15) is 17.0 Å². The minimum absolute atomic E-state index is 0.00821. The lowest BCUT2D eigenvalue weighted by molar-refractivity contribution is -0.754. The third-order valence-corrected chi connectivity index (χ3v) is 4.66. The summed E-state index contributed by atoms with van der Waals surface area (Å²) in [7, 11) is 0. The largest absolute Gasteiger partial charge is 0.433 e. The van der Waals surface area contributed by atoms with Gasteiger partial charge in [0.1, 0.15) is 5.69 Å².